The van der Waals surface area contributed by atoms with Crippen LogP contribution in [0.15, 0.2) is 42.6 Å². The maximum atomic E-state index is 12.8. The molecule has 1 unspecified atom stereocenters. The first-order chi connectivity index (χ1) is 14.0. The largest absolute Gasteiger partial charge is 0.342 e. The highest BCUT2D eigenvalue weighted by Gasteiger charge is 2.28. The third-order valence-corrected chi connectivity index (χ3v) is 5.74. The van der Waals surface area contributed by atoms with E-state index in [4.69, 9.17) is 0 Å². The van der Waals surface area contributed by atoms with E-state index < -0.39 is 0 Å². The highest BCUT2D eigenvalue weighted by molar-refractivity contribution is 5.99. The van der Waals surface area contributed by atoms with Gasteiger partial charge in [0.05, 0.1) is 0 Å². The molecular formula is C23H26N4O2. The Morgan fingerprint density at radius 1 is 1.10 bits per heavy atom. The number of pyridine rings is 1. The smallest absolute Gasteiger partial charge is 0.223 e. The number of carbonyl (C=O) groups excluding carboxylic acids is 2. The Hall–Kier alpha value is -3.02. The second kappa shape index (κ2) is 8.15. The first-order valence-electron chi connectivity index (χ1n) is 10.2. The van der Waals surface area contributed by atoms with Gasteiger partial charge in [-0.25, -0.2) is 0 Å². The van der Waals surface area contributed by atoms with Crippen molar-refractivity contribution in [3.8, 4) is 0 Å². The fourth-order valence-corrected chi connectivity index (χ4v) is 4.10. The Kier molecular flexibility index (Phi) is 5.43. The molecule has 0 N–H and O–H groups in total. The zero-order valence-corrected chi connectivity index (χ0v) is 17.0. The molecule has 1 aliphatic heterocycles. The molecule has 29 heavy (non-hydrogen) atoms. The molecule has 2 aromatic heterocycles. The zero-order chi connectivity index (χ0) is 20.4. The first kappa shape index (κ1) is 19.3. The molecule has 4 rings (SSSR count). The first-order valence-corrected chi connectivity index (χ1v) is 10.2. The van der Waals surface area contributed by atoms with E-state index in [0.29, 0.717) is 6.54 Å². The Morgan fingerprint density at radius 2 is 1.97 bits per heavy atom. The zero-order valence-electron chi connectivity index (χ0n) is 17.0. The van der Waals surface area contributed by atoms with Crippen molar-refractivity contribution in [3.05, 3.63) is 65.1 Å². The molecule has 6 heteroatoms. The van der Waals surface area contributed by atoms with Gasteiger partial charge in [-0.1, -0.05) is 23.8 Å². The van der Waals surface area contributed by atoms with Gasteiger partial charge in [-0.2, -0.15) is 0 Å². The number of nitrogens with zero attached hydrogens (tertiary/aromatic N) is 4. The SMILES string of the molecule is Cc1ccc(C)c(C(=O)CCC(=O)N2CCCC(c3nnc4ccccn34)C2)c1. The molecule has 0 saturated carbocycles. The van der Waals surface area contributed by atoms with E-state index in [0.717, 1.165) is 47.5 Å². The van der Waals surface area contributed by atoms with E-state index in [1.54, 1.807) is 0 Å². The van der Waals surface area contributed by atoms with Crippen LogP contribution in [0.5, 0.6) is 0 Å². The minimum Gasteiger partial charge on any atom is -0.342 e. The minimum atomic E-state index is 0.0385. The maximum absolute atomic E-state index is 12.8. The Labute approximate surface area is 170 Å². The van der Waals surface area contributed by atoms with Crippen molar-refractivity contribution in [2.75, 3.05) is 13.1 Å². The predicted molar refractivity (Wildman–Crippen MR) is 111 cm³/mol. The summed E-state index contributed by atoms with van der Waals surface area (Å²) in [5.41, 5.74) is 3.57. The molecule has 1 amide bonds. The Balaban J connectivity index is 1.40. The lowest BCUT2D eigenvalue weighted by molar-refractivity contribution is -0.132. The minimum absolute atomic E-state index is 0.0385. The highest BCUT2D eigenvalue weighted by Crippen LogP contribution is 2.26. The third-order valence-electron chi connectivity index (χ3n) is 5.74. The van der Waals surface area contributed by atoms with Crippen LogP contribution in [0.4, 0.5) is 0 Å². The number of piperidine rings is 1. The molecule has 6 nitrogen and oxygen atoms in total. The fraction of sp³-hybridized carbons (Fsp3) is 0.391. The number of aromatic nitrogens is 3. The number of amides is 1. The number of ketones is 1. The Bertz CT molecular complexity index is 1060. The summed E-state index contributed by atoms with van der Waals surface area (Å²) in [6, 6.07) is 11.7. The van der Waals surface area contributed by atoms with E-state index in [-0.39, 0.29) is 30.4 Å². The van der Waals surface area contributed by atoms with Crippen molar-refractivity contribution in [2.45, 2.75) is 45.4 Å². The molecule has 1 atom stereocenters. The molecule has 3 aromatic rings. The summed E-state index contributed by atoms with van der Waals surface area (Å²) in [5.74, 6) is 1.16. The molecule has 0 bridgehead atoms. The van der Waals surface area contributed by atoms with E-state index >= 15 is 0 Å². The summed E-state index contributed by atoms with van der Waals surface area (Å²) >= 11 is 0. The molecule has 1 fully saturated rings. The van der Waals surface area contributed by atoms with Crippen LogP contribution in [0.3, 0.4) is 0 Å². The topological polar surface area (TPSA) is 67.6 Å². The van der Waals surface area contributed by atoms with Crippen LogP contribution in [0.2, 0.25) is 0 Å². The van der Waals surface area contributed by atoms with Gasteiger partial charge < -0.3 is 4.90 Å². The van der Waals surface area contributed by atoms with Gasteiger partial charge in [0, 0.05) is 43.6 Å². The number of carbonyl (C=O) groups is 2. The van der Waals surface area contributed by atoms with Crippen molar-refractivity contribution in [1.29, 1.82) is 0 Å². The van der Waals surface area contributed by atoms with Gasteiger partial charge in [-0.3, -0.25) is 14.0 Å². The van der Waals surface area contributed by atoms with Crippen LogP contribution in [0, 0.1) is 13.8 Å². The van der Waals surface area contributed by atoms with Crippen molar-refractivity contribution >= 4 is 17.3 Å². The van der Waals surface area contributed by atoms with Gasteiger partial charge >= 0.3 is 0 Å². The van der Waals surface area contributed by atoms with Gasteiger partial charge in [0.1, 0.15) is 5.82 Å². The van der Waals surface area contributed by atoms with E-state index in [1.165, 1.54) is 0 Å². The monoisotopic (exact) mass is 390 g/mol. The van der Waals surface area contributed by atoms with E-state index in [2.05, 4.69) is 10.2 Å². The van der Waals surface area contributed by atoms with E-state index in [1.807, 2.05) is 65.7 Å². The van der Waals surface area contributed by atoms with Crippen LogP contribution in [-0.4, -0.2) is 44.3 Å². The lowest BCUT2D eigenvalue weighted by Crippen LogP contribution is -2.39. The van der Waals surface area contributed by atoms with Crippen LogP contribution >= 0.6 is 0 Å². The number of aryl methyl sites for hydroxylation is 2. The predicted octanol–water partition coefficient (Wildman–Crippen LogP) is 3.72. The molecule has 0 spiro atoms. The summed E-state index contributed by atoms with van der Waals surface area (Å²) in [6.45, 7) is 5.28. The lowest BCUT2D eigenvalue weighted by Gasteiger charge is -2.32. The number of benzene rings is 1. The van der Waals surface area contributed by atoms with E-state index in [9.17, 15) is 9.59 Å². The number of likely N-dealkylation sites (tertiary alicyclic amines) is 1. The normalized spacial score (nSPS) is 16.9. The van der Waals surface area contributed by atoms with Crippen molar-refractivity contribution < 1.29 is 9.59 Å². The summed E-state index contributed by atoms with van der Waals surface area (Å²) in [6.07, 6.45) is 4.38. The number of rotatable bonds is 5. The molecule has 0 aliphatic carbocycles. The summed E-state index contributed by atoms with van der Waals surface area (Å²) in [5, 5.41) is 8.60. The average molecular weight is 390 g/mol. The van der Waals surface area contributed by atoms with Crippen molar-refractivity contribution in [2.24, 2.45) is 0 Å². The summed E-state index contributed by atoms with van der Waals surface area (Å²) < 4.78 is 2.00. The second-order valence-electron chi connectivity index (χ2n) is 7.91. The number of hydrogen-bond acceptors (Lipinski definition) is 4. The average Bonchev–Trinajstić information content (AvgIpc) is 3.18. The van der Waals surface area contributed by atoms with Crippen LogP contribution in [-0.2, 0) is 4.79 Å². The van der Waals surface area contributed by atoms with Gasteiger partial charge in [-0.15, -0.1) is 10.2 Å². The molecule has 150 valence electrons. The van der Waals surface area contributed by atoms with Gasteiger partial charge in [0.15, 0.2) is 11.4 Å². The Morgan fingerprint density at radius 3 is 2.83 bits per heavy atom. The van der Waals surface area contributed by atoms with Crippen LogP contribution in [0.1, 0.15) is 58.9 Å². The van der Waals surface area contributed by atoms with Gasteiger partial charge in [-0.05, 0) is 50.5 Å². The van der Waals surface area contributed by atoms with Crippen LogP contribution in [0.25, 0.3) is 5.65 Å². The summed E-state index contributed by atoms with van der Waals surface area (Å²) in [4.78, 5) is 27.3. The van der Waals surface area contributed by atoms with Crippen LogP contribution < -0.4 is 0 Å². The summed E-state index contributed by atoms with van der Waals surface area (Å²) in [7, 11) is 0. The number of hydrogen-bond donors (Lipinski definition) is 0. The van der Waals surface area contributed by atoms with Crippen molar-refractivity contribution in [1.82, 2.24) is 19.5 Å². The standard InChI is InChI=1S/C23H26N4O2/c1-16-8-9-17(2)19(14-16)20(28)10-11-22(29)26-12-5-6-18(15-26)23-25-24-21-7-3-4-13-27(21)23/h3-4,7-9,13-14,18H,5-6,10-12,15H2,1-2H3. The molecule has 3 heterocycles. The maximum Gasteiger partial charge on any atom is 0.223 e. The molecular weight excluding hydrogens is 364 g/mol. The molecule has 1 aliphatic rings. The number of fused-ring (bicyclic) bond motifs is 1. The molecule has 0 radical (unpaired) electrons. The molecule has 1 aromatic carbocycles. The lowest BCUT2D eigenvalue weighted by atomic mass is 9.96. The second-order valence-corrected chi connectivity index (χ2v) is 7.91. The fourth-order valence-electron chi connectivity index (χ4n) is 4.10. The van der Waals surface area contributed by atoms with Crippen molar-refractivity contribution in [3.63, 3.8) is 0 Å². The van der Waals surface area contributed by atoms with Gasteiger partial charge in [0.2, 0.25) is 5.91 Å². The van der Waals surface area contributed by atoms with Gasteiger partial charge in [0.25, 0.3) is 0 Å². The highest BCUT2D eigenvalue weighted by atomic mass is 16.2. The number of Topliss-reactive ketones (excluding diaryl/α,β-unsaturated/α-hetero) is 1. The quantitative estimate of drug-likeness (QED) is 0.623. The molecule has 1 saturated heterocycles. The third kappa shape index (κ3) is 4.06.